The Bertz CT molecular complexity index is 204. The second kappa shape index (κ2) is 5.47. The molecule has 2 rings (SSSR count). The number of rotatable bonds is 3. The van der Waals surface area contributed by atoms with Crippen LogP contribution in [0.2, 0.25) is 0 Å². The van der Waals surface area contributed by atoms with E-state index in [1.807, 2.05) is 4.90 Å². The number of nitrogens with one attached hydrogen (secondary N) is 1. The summed E-state index contributed by atoms with van der Waals surface area (Å²) in [5.41, 5.74) is 0. The molecule has 2 fully saturated rings. The van der Waals surface area contributed by atoms with Crippen LogP contribution in [0.5, 0.6) is 0 Å². The zero-order valence-corrected chi connectivity index (χ0v) is 9.32. The third-order valence-electron chi connectivity index (χ3n) is 3.49. The van der Waals surface area contributed by atoms with E-state index in [4.69, 9.17) is 0 Å². The Morgan fingerprint density at radius 3 is 2.73 bits per heavy atom. The third-order valence-corrected chi connectivity index (χ3v) is 3.49. The van der Waals surface area contributed by atoms with Gasteiger partial charge in [0.2, 0.25) is 6.41 Å². The number of piperazine rings is 1. The molecule has 1 unspecified atom stereocenters. The summed E-state index contributed by atoms with van der Waals surface area (Å²) in [5, 5.41) is 3.35. The quantitative estimate of drug-likeness (QED) is 0.662. The van der Waals surface area contributed by atoms with Crippen LogP contribution in [0.25, 0.3) is 0 Å². The van der Waals surface area contributed by atoms with Crippen LogP contribution in [-0.2, 0) is 4.79 Å². The van der Waals surface area contributed by atoms with Gasteiger partial charge in [0, 0.05) is 45.3 Å². The van der Waals surface area contributed by atoms with Gasteiger partial charge in [-0.2, -0.15) is 0 Å². The summed E-state index contributed by atoms with van der Waals surface area (Å²) in [4.78, 5) is 15.4. The molecule has 15 heavy (non-hydrogen) atoms. The van der Waals surface area contributed by atoms with E-state index in [0.717, 1.165) is 45.7 Å². The topological polar surface area (TPSA) is 35.6 Å². The van der Waals surface area contributed by atoms with Crippen LogP contribution in [0.4, 0.5) is 0 Å². The normalized spacial score (nSPS) is 29.1. The van der Waals surface area contributed by atoms with E-state index in [-0.39, 0.29) is 0 Å². The lowest BCUT2D eigenvalue weighted by Gasteiger charge is -2.37. The number of hydrogen-bond acceptors (Lipinski definition) is 3. The lowest BCUT2D eigenvalue weighted by atomic mass is 10.0. The second-order valence-corrected chi connectivity index (χ2v) is 4.54. The van der Waals surface area contributed by atoms with Crippen molar-refractivity contribution >= 4 is 6.41 Å². The van der Waals surface area contributed by atoms with Crippen LogP contribution >= 0.6 is 0 Å². The minimum Gasteiger partial charge on any atom is -0.341 e. The predicted octanol–water partition coefficient (Wildman–Crippen LogP) is -0.0975. The fraction of sp³-hybridized carbons (Fsp3) is 0.909. The molecule has 2 saturated heterocycles. The van der Waals surface area contributed by atoms with Gasteiger partial charge in [-0.05, 0) is 19.3 Å². The summed E-state index contributed by atoms with van der Waals surface area (Å²) < 4.78 is 0. The van der Waals surface area contributed by atoms with Crippen molar-refractivity contribution in [1.29, 1.82) is 0 Å². The second-order valence-electron chi connectivity index (χ2n) is 4.54. The fourth-order valence-corrected chi connectivity index (χ4v) is 2.55. The molecule has 2 heterocycles. The molecule has 0 bridgehead atoms. The van der Waals surface area contributed by atoms with Gasteiger partial charge in [-0.3, -0.25) is 9.69 Å². The van der Waals surface area contributed by atoms with Gasteiger partial charge in [-0.1, -0.05) is 0 Å². The van der Waals surface area contributed by atoms with Crippen LogP contribution < -0.4 is 5.32 Å². The number of likely N-dealkylation sites (tertiary alicyclic amines) is 1. The average Bonchev–Trinajstić information content (AvgIpc) is 2.31. The molecule has 0 aliphatic carbocycles. The first kappa shape index (κ1) is 10.9. The Balaban J connectivity index is 1.82. The summed E-state index contributed by atoms with van der Waals surface area (Å²) in [6, 6.07) is 0.467. The first-order chi connectivity index (χ1) is 7.40. The molecule has 0 saturated carbocycles. The molecule has 0 spiro atoms. The van der Waals surface area contributed by atoms with Gasteiger partial charge in [-0.15, -0.1) is 0 Å². The Morgan fingerprint density at radius 1 is 1.20 bits per heavy atom. The van der Waals surface area contributed by atoms with E-state index in [9.17, 15) is 4.79 Å². The maximum absolute atomic E-state index is 10.9. The van der Waals surface area contributed by atoms with Crippen molar-refractivity contribution in [3.63, 3.8) is 0 Å². The van der Waals surface area contributed by atoms with Crippen LogP contribution in [0, 0.1) is 0 Å². The maximum atomic E-state index is 10.9. The highest BCUT2D eigenvalue weighted by Crippen LogP contribution is 2.16. The summed E-state index contributed by atoms with van der Waals surface area (Å²) >= 11 is 0. The molecular weight excluding hydrogens is 190 g/mol. The van der Waals surface area contributed by atoms with Gasteiger partial charge in [0.15, 0.2) is 0 Å². The molecule has 1 N–H and O–H groups in total. The SMILES string of the molecule is O=CN1CCCCC1CN1CCNCC1. The van der Waals surface area contributed by atoms with E-state index in [1.54, 1.807) is 0 Å². The van der Waals surface area contributed by atoms with Crippen molar-refractivity contribution in [3.05, 3.63) is 0 Å². The van der Waals surface area contributed by atoms with Gasteiger partial charge in [-0.25, -0.2) is 0 Å². The van der Waals surface area contributed by atoms with Crippen molar-refractivity contribution in [1.82, 2.24) is 15.1 Å². The number of piperidine rings is 1. The standard InChI is InChI=1S/C11H21N3O/c15-10-14-6-2-1-3-11(14)9-13-7-4-12-5-8-13/h10-12H,1-9H2. The van der Waals surface area contributed by atoms with Gasteiger partial charge in [0.1, 0.15) is 0 Å². The predicted molar refractivity (Wildman–Crippen MR) is 59.7 cm³/mol. The number of carbonyl (C=O) groups is 1. The molecule has 4 heteroatoms. The van der Waals surface area contributed by atoms with Gasteiger partial charge in [0.25, 0.3) is 0 Å². The van der Waals surface area contributed by atoms with Gasteiger partial charge < -0.3 is 10.2 Å². The molecule has 2 aliphatic heterocycles. The van der Waals surface area contributed by atoms with Crippen LogP contribution in [0.15, 0.2) is 0 Å². The lowest BCUT2D eigenvalue weighted by Crippen LogP contribution is -2.51. The first-order valence-corrected chi connectivity index (χ1v) is 6.04. The summed E-state index contributed by atoms with van der Waals surface area (Å²) in [6.07, 6.45) is 4.67. The molecule has 0 aromatic rings. The Kier molecular flexibility index (Phi) is 3.97. The molecule has 86 valence electrons. The average molecular weight is 211 g/mol. The highest BCUT2D eigenvalue weighted by molar-refractivity contribution is 5.48. The van der Waals surface area contributed by atoms with E-state index >= 15 is 0 Å². The number of hydrogen-bond donors (Lipinski definition) is 1. The van der Waals surface area contributed by atoms with E-state index in [2.05, 4.69) is 10.2 Å². The molecule has 0 aromatic heterocycles. The molecule has 0 radical (unpaired) electrons. The lowest BCUT2D eigenvalue weighted by molar-refractivity contribution is -0.121. The van der Waals surface area contributed by atoms with Crippen molar-refractivity contribution in [3.8, 4) is 0 Å². The van der Waals surface area contributed by atoms with Crippen LogP contribution in [0.3, 0.4) is 0 Å². The zero-order chi connectivity index (χ0) is 10.5. The summed E-state index contributed by atoms with van der Waals surface area (Å²) in [6.45, 7) is 6.47. The van der Waals surface area contributed by atoms with Crippen molar-refractivity contribution in [2.45, 2.75) is 25.3 Å². The smallest absolute Gasteiger partial charge is 0.209 e. The highest BCUT2D eigenvalue weighted by atomic mass is 16.1. The van der Waals surface area contributed by atoms with Crippen molar-refractivity contribution in [2.24, 2.45) is 0 Å². The Labute approximate surface area is 91.6 Å². The Morgan fingerprint density at radius 2 is 2.00 bits per heavy atom. The van der Waals surface area contributed by atoms with Crippen molar-refractivity contribution < 1.29 is 4.79 Å². The Hall–Kier alpha value is -0.610. The van der Waals surface area contributed by atoms with Crippen LogP contribution in [0.1, 0.15) is 19.3 Å². The number of amides is 1. The highest BCUT2D eigenvalue weighted by Gasteiger charge is 2.23. The molecule has 0 aromatic carbocycles. The zero-order valence-electron chi connectivity index (χ0n) is 9.32. The van der Waals surface area contributed by atoms with E-state index in [0.29, 0.717) is 6.04 Å². The molecule has 2 aliphatic rings. The monoisotopic (exact) mass is 211 g/mol. The number of carbonyl (C=O) groups excluding carboxylic acids is 1. The molecule has 1 amide bonds. The molecule has 1 atom stereocenters. The number of nitrogens with zero attached hydrogens (tertiary/aromatic N) is 2. The minimum atomic E-state index is 0.467. The minimum absolute atomic E-state index is 0.467. The maximum Gasteiger partial charge on any atom is 0.209 e. The van der Waals surface area contributed by atoms with E-state index in [1.165, 1.54) is 19.3 Å². The molecular formula is C11H21N3O. The van der Waals surface area contributed by atoms with Crippen LogP contribution in [-0.4, -0.2) is 61.5 Å². The van der Waals surface area contributed by atoms with E-state index < -0.39 is 0 Å². The van der Waals surface area contributed by atoms with Crippen molar-refractivity contribution in [2.75, 3.05) is 39.3 Å². The molecule has 4 nitrogen and oxygen atoms in total. The summed E-state index contributed by atoms with van der Waals surface area (Å²) in [7, 11) is 0. The van der Waals surface area contributed by atoms with Gasteiger partial charge in [0.05, 0.1) is 0 Å². The fourth-order valence-electron chi connectivity index (χ4n) is 2.55. The van der Waals surface area contributed by atoms with Gasteiger partial charge >= 0.3 is 0 Å². The first-order valence-electron chi connectivity index (χ1n) is 6.04. The third kappa shape index (κ3) is 2.92. The largest absolute Gasteiger partial charge is 0.341 e. The summed E-state index contributed by atoms with van der Waals surface area (Å²) in [5.74, 6) is 0.